The molecule has 0 spiro atoms. The Balaban J connectivity index is 1.44. The molecule has 1 saturated heterocycles. The summed E-state index contributed by atoms with van der Waals surface area (Å²) < 4.78 is 0. The number of imide groups is 1. The highest BCUT2D eigenvalue weighted by atomic mass is 16.2. The van der Waals surface area contributed by atoms with E-state index in [1.165, 1.54) is 4.90 Å². The van der Waals surface area contributed by atoms with Crippen LogP contribution in [0.3, 0.4) is 0 Å². The Morgan fingerprint density at radius 2 is 1.59 bits per heavy atom. The van der Waals surface area contributed by atoms with Crippen LogP contribution in [0.25, 0.3) is 0 Å². The van der Waals surface area contributed by atoms with Gasteiger partial charge in [0.2, 0.25) is 17.7 Å². The van der Waals surface area contributed by atoms with Crippen molar-refractivity contribution in [1.82, 2.24) is 4.90 Å². The number of fused-ring (bicyclic) bond motifs is 1. The number of benzene rings is 2. The molecule has 4 aliphatic rings. The van der Waals surface area contributed by atoms with Crippen LogP contribution in [-0.4, -0.2) is 22.6 Å². The van der Waals surface area contributed by atoms with Crippen LogP contribution in [0.2, 0.25) is 0 Å². The first-order chi connectivity index (χ1) is 15.4. The molecule has 3 amide bonds. The van der Waals surface area contributed by atoms with Gasteiger partial charge in [-0.05, 0) is 55.7 Å². The quantitative estimate of drug-likeness (QED) is 0.560. The number of nitrogens with one attached hydrogen (secondary N) is 1. The Bertz CT molecular complexity index is 1080. The zero-order chi connectivity index (χ0) is 22.4. The van der Waals surface area contributed by atoms with Crippen molar-refractivity contribution in [2.45, 2.75) is 39.2 Å². The SMILES string of the molecule is Cc1ccc(NC(=O)C[C@H](c2ccccc2)N2C(=O)[C@@H]3[C@H](C2=O)[C@H]2C=C[C@H]3CC2)c(C)c1. The zero-order valence-electron chi connectivity index (χ0n) is 18.5. The van der Waals surface area contributed by atoms with E-state index in [1.807, 2.05) is 62.4 Å². The number of likely N-dealkylation sites (tertiary alicyclic amines) is 1. The third-order valence-corrected chi connectivity index (χ3v) is 7.32. The van der Waals surface area contributed by atoms with Gasteiger partial charge in [-0.25, -0.2) is 0 Å². The van der Waals surface area contributed by atoms with Crippen LogP contribution in [0.1, 0.15) is 42.0 Å². The van der Waals surface area contributed by atoms with Gasteiger partial charge in [-0.3, -0.25) is 19.3 Å². The molecule has 2 aromatic carbocycles. The van der Waals surface area contributed by atoms with Crippen LogP contribution < -0.4 is 5.32 Å². The molecule has 1 saturated carbocycles. The number of carbonyl (C=O) groups excluding carboxylic acids is 3. The molecule has 2 bridgehead atoms. The molecule has 5 atom stereocenters. The van der Waals surface area contributed by atoms with Crippen LogP contribution in [0.4, 0.5) is 5.69 Å². The second-order valence-corrected chi connectivity index (χ2v) is 9.39. The second kappa shape index (κ2) is 8.05. The first kappa shape index (κ1) is 20.7. The van der Waals surface area contributed by atoms with E-state index >= 15 is 0 Å². The van der Waals surface area contributed by atoms with Crippen molar-refractivity contribution in [2.75, 3.05) is 5.32 Å². The maximum Gasteiger partial charge on any atom is 0.234 e. The maximum atomic E-state index is 13.5. The Morgan fingerprint density at radius 1 is 0.969 bits per heavy atom. The Morgan fingerprint density at radius 3 is 2.16 bits per heavy atom. The summed E-state index contributed by atoms with van der Waals surface area (Å²) in [6.45, 7) is 3.97. The number of amides is 3. The van der Waals surface area contributed by atoms with Crippen molar-refractivity contribution in [3.05, 3.63) is 77.4 Å². The maximum absolute atomic E-state index is 13.5. The molecule has 1 N–H and O–H groups in total. The molecule has 164 valence electrons. The number of rotatable bonds is 5. The number of hydrogen-bond donors (Lipinski definition) is 1. The predicted octanol–water partition coefficient (Wildman–Crippen LogP) is 4.57. The number of allylic oxidation sites excluding steroid dienone is 2. The molecule has 2 fully saturated rings. The molecule has 1 heterocycles. The average Bonchev–Trinajstić information content (AvgIpc) is 3.08. The Hall–Kier alpha value is -3.21. The van der Waals surface area contributed by atoms with Crippen molar-refractivity contribution in [3.8, 4) is 0 Å². The van der Waals surface area contributed by atoms with Gasteiger partial charge in [0.15, 0.2) is 0 Å². The minimum atomic E-state index is -0.605. The van der Waals surface area contributed by atoms with Gasteiger partial charge in [0, 0.05) is 5.69 Å². The summed E-state index contributed by atoms with van der Waals surface area (Å²) in [5, 5.41) is 2.98. The van der Waals surface area contributed by atoms with Gasteiger partial charge >= 0.3 is 0 Å². The zero-order valence-corrected chi connectivity index (χ0v) is 18.5. The fourth-order valence-electron chi connectivity index (χ4n) is 5.77. The predicted molar refractivity (Wildman–Crippen MR) is 123 cm³/mol. The van der Waals surface area contributed by atoms with E-state index < -0.39 is 6.04 Å². The standard InChI is InChI=1S/C27H28N2O3/c1-16-8-13-21(17(2)14-16)28-23(30)15-22(18-6-4-3-5-7-18)29-26(31)24-19-9-10-20(12-11-19)25(24)27(29)32/h3-10,13-14,19-20,22,24-25H,11-12,15H2,1-2H3,(H,28,30)/t19-,20-,22+,24-,25+/m0/s1. The highest BCUT2D eigenvalue weighted by Gasteiger charge is 2.58. The molecule has 1 aliphatic heterocycles. The molecular weight excluding hydrogens is 400 g/mol. The molecular formula is C27H28N2O3. The van der Waals surface area contributed by atoms with E-state index in [2.05, 4.69) is 17.5 Å². The van der Waals surface area contributed by atoms with Gasteiger partial charge in [-0.15, -0.1) is 0 Å². The summed E-state index contributed by atoms with van der Waals surface area (Å²) in [5.74, 6) is -0.736. The molecule has 0 unspecified atom stereocenters. The van der Waals surface area contributed by atoms with Crippen LogP contribution in [0.5, 0.6) is 0 Å². The number of nitrogens with zero attached hydrogens (tertiary/aromatic N) is 1. The summed E-state index contributed by atoms with van der Waals surface area (Å²) >= 11 is 0. The second-order valence-electron chi connectivity index (χ2n) is 9.39. The van der Waals surface area contributed by atoms with Crippen LogP contribution in [-0.2, 0) is 14.4 Å². The Labute approximate surface area is 188 Å². The molecule has 2 aromatic rings. The minimum Gasteiger partial charge on any atom is -0.326 e. The fraction of sp³-hybridized carbons (Fsp3) is 0.370. The van der Waals surface area contributed by atoms with Crippen molar-refractivity contribution < 1.29 is 14.4 Å². The lowest BCUT2D eigenvalue weighted by atomic mass is 9.63. The van der Waals surface area contributed by atoms with E-state index in [-0.39, 0.29) is 47.8 Å². The monoisotopic (exact) mass is 428 g/mol. The van der Waals surface area contributed by atoms with Crippen LogP contribution >= 0.6 is 0 Å². The van der Waals surface area contributed by atoms with Crippen molar-refractivity contribution in [1.29, 1.82) is 0 Å². The fourth-order valence-corrected chi connectivity index (χ4v) is 5.77. The van der Waals surface area contributed by atoms with Gasteiger partial charge in [0.05, 0.1) is 24.3 Å². The molecule has 3 aliphatic carbocycles. The third kappa shape index (κ3) is 3.46. The van der Waals surface area contributed by atoms with Gasteiger partial charge in [-0.1, -0.05) is 60.2 Å². The topological polar surface area (TPSA) is 66.5 Å². The van der Waals surface area contributed by atoms with Gasteiger partial charge < -0.3 is 5.32 Å². The lowest BCUT2D eigenvalue weighted by Gasteiger charge is -2.38. The summed E-state index contributed by atoms with van der Waals surface area (Å²) in [6, 6.07) is 14.7. The number of carbonyl (C=O) groups is 3. The van der Waals surface area contributed by atoms with Crippen LogP contribution in [0, 0.1) is 37.5 Å². The molecule has 0 aromatic heterocycles. The molecule has 6 rings (SSSR count). The van der Waals surface area contributed by atoms with E-state index in [1.54, 1.807) is 0 Å². The lowest BCUT2D eigenvalue weighted by Crippen LogP contribution is -2.38. The average molecular weight is 429 g/mol. The normalized spacial score (nSPS) is 26.9. The van der Waals surface area contributed by atoms with Crippen LogP contribution in [0.15, 0.2) is 60.7 Å². The summed E-state index contributed by atoms with van der Waals surface area (Å²) in [5.41, 5.74) is 3.67. The van der Waals surface area contributed by atoms with Gasteiger partial charge in [-0.2, -0.15) is 0 Å². The lowest BCUT2D eigenvalue weighted by molar-refractivity contribution is -0.143. The molecule has 5 nitrogen and oxygen atoms in total. The Kier molecular flexibility index (Phi) is 5.20. The third-order valence-electron chi connectivity index (χ3n) is 7.32. The summed E-state index contributed by atoms with van der Waals surface area (Å²) in [6.07, 6.45) is 6.19. The highest BCUT2D eigenvalue weighted by molar-refractivity contribution is 6.07. The van der Waals surface area contributed by atoms with E-state index in [9.17, 15) is 14.4 Å². The number of hydrogen-bond acceptors (Lipinski definition) is 3. The van der Waals surface area contributed by atoms with E-state index in [0.717, 1.165) is 35.2 Å². The van der Waals surface area contributed by atoms with E-state index in [4.69, 9.17) is 0 Å². The molecule has 5 heteroatoms. The summed E-state index contributed by atoms with van der Waals surface area (Å²) in [7, 11) is 0. The van der Waals surface area contributed by atoms with Crippen molar-refractivity contribution in [3.63, 3.8) is 0 Å². The highest BCUT2D eigenvalue weighted by Crippen LogP contribution is 2.51. The largest absolute Gasteiger partial charge is 0.326 e. The van der Waals surface area contributed by atoms with Gasteiger partial charge in [0.25, 0.3) is 0 Å². The minimum absolute atomic E-state index is 0.0387. The molecule has 0 radical (unpaired) electrons. The van der Waals surface area contributed by atoms with Gasteiger partial charge in [0.1, 0.15) is 0 Å². The first-order valence-electron chi connectivity index (χ1n) is 11.4. The molecule has 32 heavy (non-hydrogen) atoms. The van der Waals surface area contributed by atoms with E-state index in [0.29, 0.717) is 0 Å². The first-order valence-corrected chi connectivity index (χ1v) is 11.4. The van der Waals surface area contributed by atoms with Crippen molar-refractivity contribution in [2.24, 2.45) is 23.7 Å². The summed E-state index contributed by atoms with van der Waals surface area (Å²) in [4.78, 5) is 41.5. The number of aryl methyl sites for hydroxylation is 2. The smallest absolute Gasteiger partial charge is 0.234 e. The van der Waals surface area contributed by atoms with Crippen molar-refractivity contribution >= 4 is 23.4 Å². The number of anilines is 1.